The number of hydrogen-bond acceptors (Lipinski definition) is 2. The maximum Gasteiger partial charge on any atom is 0.315 e. The zero-order valence-electron chi connectivity index (χ0n) is 13.9. The van der Waals surface area contributed by atoms with Crippen LogP contribution in [0.25, 0.3) is 0 Å². The second-order valence-corrected chi connectivity index (χ2v) is 6.54. The Balaban J connectivity index is 1.78. The first kappa shape index (κ1) is 17.9. The first-order chi connectivity index (χ1) is 11.0. The summed E-state index contributed by atoms with van der Waals surface area (Å²) in [5.41, 5.74) is 3.94. The molecule has 1 saturated heterocycles. The van der Waals surface area contributed by atoms with Gasteiger partial charge in [-0.05, 0) is 62.3 Å². The van der Waals surface area contributed by atoms with Crippen molar-refractivity contribution in [1.82, 2.24) is 10.2 Å². The van der Waals surface area contributed by atoms with Gasteiger partial charge in [-0.1, -0.05) is 18.2 Å². The smallest absolute Gasteiger partial charge is 0.315 e. The summed E-state index contributed by atoms with van der Waals surface area (Å²) in [5.74, 6) is -0.693. The minimum Gasteiger partial charge on any atom is -0.351 e. The molecule has 1 atom stereocenters. The van der Waals surface area contributed by atoms with Crippen LogP contribution in [0.2, 0.25) is 0 Å². The zero-order chi connectivity index (χ0) is 16.8. The van der Waals surface area contributed by atoms with E-state index in [1.165, 1.54) is 16.7 Å². The summed E-state index contributed by atoms with van der Waals surface area (Å²) in [6.07, 6.45) is 0.0800. The lowest BCUT2D eigenvalue weighted by Crippen LogP contribution is -2.37. The second kappa shape index (κ2) is 8.39. The van der Waals surface area contributed by atoms with E-state index in [1.54, 1.807) is 0 Å². The monoisotopic (exact) mass is 324 g/mol. The Kier molecular flexibility index (Phi) is 6.51. The van der Waals surface area contributed by atoms with Crippen LogP contribution in [0.4, 0.5) is 8.78 Å². The molecule has 1 heterocycles. The number of aryl methyl sites for hydroxylation is 2. The lowest BCUT2D eigenvalue weighted by Gasteiger charge is -2.33. The molecule has 1 aliphatic heterocycles. The molecule has 1 amide bonds. The largest absolute Gasteiger partial charge is 0.351 e. The number of halogens is 2. The Morgan fingerprint density at radius 1 is 1.35 bits per heavy atom. The number of nitrogens with zero attached hydrogens (tertiary/aromatic N) is 1. The molecule has 1 aliphatic rings. The van der Waals surface area contributed by atoms with Gasteiger partial charge in [0.05, 0.1) is 0 Å². The molecule has 0 aromatic heterocycles. The first-order valence-electron chi connectivity index (χ1n) is 8.30. The molecular formula is C18H26F2N2O. The van der Waals surface area contributed by atoms with E-state index < -0.39 is 12.3 Å². The van der Waals surface area contributed by atoms with Crippen molar-refractivity contribution in [2.75, 3.05) is 19.6 Å². The van der Waals surface area contributed by atoms with Crippen LogP contribution in [0.15, 0.2) is 18.2 Å². The number of carbonyl (C=O) groups is 1. The van der Waals surface area contributed by atoms with E-state index >= 15 is 0 Å². The van der Waals surface area contributed by atoms with E-state index in [1.807, 2.05) is 0 Å². The van der Waals surface area contributed by atoms with Crippen LogP contribution in [0, 0.1) is 19.8 Å². The Hall–Kier alpha value is -1.49. The number of alkyl halides is 2. The molecule has 1 fully saturated rings. The van der Waals surface area contributed by atoms with E-state index in [4.69, 9.17) is 0 Å². The molecule has 0 radical (unpaired) electrons. The molecule has 3 nitrogen and oxygen atoms in total. The van der Waals surface area contributed by atoms with Gasteiger partial charge in [0.25, 0.3) is 5.91 Å². The van der Waals surface area contributed by atoms with Crippen molar-refractivity contribution in [3.05, 3.63) is 34.9 Å². The fourth-order valence-corrected chi connectivity index (χ4v) is 3.17. The maximum absolute atomic E-state index is 12.1. The highest BCUT2D eigenvalue weighted by Crippen LogP contribution is 2.21. The number of benzene rings is 1. The van der Waals surface area contributed by atoms with Crippen LogP contribution in [0.5, 0.6) is 0 Å². The Bertz CT molecular complexity index is 534. The number of nitrogens with one attached hydrogen (secondary N) is 1. The van der Waals surface area contributed by atoms with Crippen molar-refractivity contribution < 1.29 is 13.6 Å². The number of carbonyl (C=O) groups excluding carboxylic acids is 1. The summed E-state index contributed by atoms with van der Waals surface area (Å²) in [7, 11) is 0. The lowest BCUT2D eigenvalue weighted by atomic mass is 9.94. The van der Waals surface area contributed by atoms with E-state index in [0.717, 1.165) is 38.9 Å². The van der Waals surface area contributed by atoms with Gasteiger partial charge in [0.2, 0.25) is 0 Å². The van der Waals surface area contributed by atoms with Crippen LogP contribution in [0.3, 0.4) is 0 Å². The summed E-state index contributed by atoms with van der Waals surface area (Å²) in [6, 6.07) is 6.57. The topological polar surface area (TPSA) is 32.3 Å². The van der Waals surface area contributed by atoms with E-state index in [2.05, 4.69) is 42.3 Å². The van der Waals surface area contributed by atoms with Crippen LogP contribution in [0.1, 0.15) is 36.0 Å². The third-order valence-corrected chi connectivity index (χ3v) is 4.63. The number of likely N-dealkylation sites (tertiary alicyclic amines) is 1. The van der Waals surface area contributed by atoms with Gasteiger partial charge in [0, 0.05) is 19.6 Å². The molecule has 0 saturated carbocycles. The normalized spacial score (nSPS) is 19.1. The number of rotatable bonds is 6. The quantitative estimate of drug-likeness (QED) is 0.871. The molecular weight excluding hydrogens is 298 g/mol. The Morgan fingerprint density at radius 2 is 2.13 bits per heavy atom. The summed E-state index contributed by atoms with van der Waals surface area (Å²) >= 11 is 0. The Labute approximate surface area is 137 Å². The third-order valence-electron chi connectivity index (χ3n) is 4.63. The fraction of sp³-hybridized carbons (Fsp3) is 0.611. The van der Waals surface area contributed by atoms with Crippen molar-refractivity contribution in [2.45, 2.75) is 46.1 Å². The predicted octanol–water partition coefficient (Wildman–Crippen LogP) is 3.29. The molecule has 0 aliphatic carbocycles. The summed E-state index contributed by atoms with van der Waals surface area (Å²) in [5, 5.41) is 2.30. The van der Waals surface area contributed by atoms with Gasteiger partial charge in [0.15, 0.2) is 0 Å². The Morgan fingerprint density at radius 3 is 2.83 bits per heavy atom. The van der Waals surface area contributed by atoms with Crippen LogP contribution in [-0.2, 0) is 11.3 Å². The van der Waals surface area contributed by atoms with Crippen molar-refractivity contribution in [2.24, 2.45) is 5.92 Å². The van der Waals surface area contributed by atoms with Gasteiger partial charge in [-0.3, -0.25) is 9.69 Å². The molecule has 0 spiro atoms. The van der Waals surface area contributed by atoms with Crippen molar-refractivity contribution >= 4 is 5.91 Å². The highest BCUT2D eigenvalue weighted by atomic mass is 19.3. The average Bonchev–Trinajstić information content (AvgIpc) is 2.51. The van der Waals surface area contributed by atoms with Crippen molar-refractivity contribution in [3.63, 3.8) is 0 Å². The molecule has 128 valence electrons. The number of piperidine rings is 1. The average molecular weight is 324 g/mol. The highest BCUT2D eigenvalue weighted by Gasteiger charge is 2.21. The van der Waals surface area contributed by atoms with E-state index in [-0.39, 0.29) is 0 Å². The fourth-order valence-electron chi connectivity index (χ4n) is 3.17. The third kappa shape index (κ3) is 5.57. The van der Waals surface area contributed by atoms with Gasteiger partial charge in [-0.15, -0.1) is 0 Å². The predicted molar refractivity (Wildman–Crippen MR) is 87.5 cm³/mol. The lowest BCUT2D eigenvalue weighted by molar-refractivity contribution is -0.131. The molecule has 1 unspecified atom stereocenters. The van der Waals surface area contributed by atoms with Crippen LogP contribution in [-0.4, -0.2) is 36.9 Å². The molecule has 1 N–H and O–H groups in total. The number of amides is 1. The summed E-state index contributed by atoms with van der Waals surface area (Å²) < 4.78 is 24.3. The molecule has 1 aromatic carbocycles. The standard InChI is InChI=1S/C18H26F2N2O/c1-13-5-6-16(10-14(13)2)12-22-9-3-4-15(11-22)7-8-21-18(23)17(19)20/h5-6,10,15,17H,3-4,7-9,11-12H2,1-2H3,(H,21,23). The van der Waals surface area contributed by atoms with Crippen molar-refractivity contribution in [3.8, 4) is 0 Å². The van der Waals surface area contributed by atoms with Crippen LogP contribution < -0.4 is 5.32 Å². The summed E-state index contributed by atoms with van der Waals surface area (Å²) in [4.78, 5) is 13.3. The number of hydrogen-bond donors (Lipinski definition) is 1. The molecule has 0 bridgehead atoms. The maximum atomic E-state index is 12.1. The van der Waals surface area contributed by atoms with Gasteiger partial charge >= 0.3 is 6.43 Å². The van der Waals surface area contributed by atoms with E-state index in [9.17, 15) is 13.6 Å². The van der Waals surface area contributed by atoms with Gasteiger partial charge < -0.3 is 5.32 Å². The van der Waals surface area contributed by atoms with Gasteiger partial charge in [-0.2, -0.15) is 8.78 Å². The van der Waals surface area contributed by atoms with E-state index in [0.29, 0.717) is 12.5 Å². The first-order valence-corrected chi connectivity index (χ1v) is 8.30. The molecule has 23 heavy (non-hydrogen) atoms. The highest BCUT2D eigenvalue weighted by molar-refractivity contribution is 5.78. The minimum absolute atomic E-state index is 0.339. The molecule has 5 heteroatoms. The zero-order valence-corrected chi connectivity index (χ0v) is 13.9. The van der Waals surface area contributed by atoms with Crippen LogP contribution >= 0.6 is 0 Å². The van der Waals surface area contributed by atoms with Gasteiger partial charge in [-0.25, -0.2) is 0 Å². The second-order valence-electron chi connectivity index (χ2n) is 6.54. The van der Waals surface area contributed by atoms with Crippen molar-refractivity contribution in [1.29, 1.82) is 0 Å². The molecule has 2 rings (SSSR count). The van der Waals surface area contributed by atoms with Gasteiger partial charge in [0.1, 0.15) is 0 Å². The summed E-state index contributed by atoms with van der Waals surface area (Å²) in [6.45, 7) is 7.56. The molecule has 1 aromatic rings. The minimum atomic E-state index is -2.91. The SMILES string of the molecule is Cc1ccc(CN2CCCC(CCNC(=O)C(F)F)C2)cc1C.